The van der Waals surface area contributed by atoms with E-state index in [2.05, 4.69) is 10.5 Å². The van der Waals surface area contributed by atoms with E-state index in [1.54, 1.807) is 0 Å². The Hall–Kier alpha value is -1.01. The van der Waals surface area contributed by atoms with E-state index in [4.69, 9.17) is 9.16 Å². The number of benzene rings is 1. The summed E-state index contributed by atoms with van der Waals surface area (Å²) in [6, 6.07) is 1.93. The first-order chi connectivity index (χ1) is 8.11. The highest BCUT2D eigenvalue weighted by Crippen LogP contribution is 2.30. The van der Waals surface area contributed by atoms with E-state index in [0.29, 0.717) is 0 Å². The van der Waals surface area contributed by atoms with Gasteiger partial charge in [0.25, 0.3) is 0 Å². The molecule has 2 nitrogen and oxygen atoms in total. The van der Waals surface area contributed by atoms with Gasteiger partial charge in [0.15, 0.2) is 17.4 Å². The molecule has 91 valence electrons. The van der Waals surface area contributed by atoms with Gasteiger partial charge < -0.3 is 9.16 Å². The zero-order chi connectivity index (χ0) is 12.4. The lowest BCUT2D eigenvalue weighted by Crippen LogP contribution is -2.34. The van der Waals surface area contributed by atoms with Crippen molar-refractivity contribution in [1.29, 1.82) is 0 Å². The summed E-state index contributed by atoms with van der Waals surface area (Å²) in [7, 11) is 2.93. The van der Waals surface area contributed by atoms with E-state index in [-0.39, 0.29) is 24.4 Å². The summed E-state index contributed by atoms with van der Waals surface area (Å²) >= 11 is 0. The summed E-state index contributed by atoms with van der Waals surface area (Å²) in [5.41, 5.74) is 0. The zero-order valence-corrected chi connectivity index (χ0v) is 9.88. The standard InChI is InChI=1S/C11H10F3O2Si/c12-8-1-2-9(11(14)10(8)13)15-5-6-3-7(4-6)16-17/h1-2,6-7H,3-5H2. The maximum absolute atomic E-state index is 13.2. The van der Waals surface area contributed by atoms with E-state index < -0.39 is 17.5 Å². The Labute approximate surface area is 100 Å². The van der Waals surface area contributed by atoms with Crippen LogP contribution in [0, 0.1) is 23.4 Å². The van der Waals surface area contributed by atoms with E-state index in [0.717, 1.165) is 25.0 Å². The van der Waals surface area contributed by atoms with Gasteiger partial charge in [-0.15, -0.1) is 0 Å². The quantitative estimate of drug-likeness (QED) is 0.610. The summed E-state index contributed by atoms with van der Waals surface area (Å²) in [4.78, 5) is 0. The lowest BCUT2D eigenvalue weighted by molar-refractivity contribution is 0.0437. The fourth-order valence-corrected chi connectivity index (χ4v) is 1.93. The van der Waals surface area contributed by atoms with E-state index in [1.165, 1.54) is 0 Å². The maximum Gasteiger partial charge on any atom is 0.246 e. The van der Waals surface area contributed by atoms with Crippen LogP contribution >= 0.6 is 0 Å². The average Bonchev–Trinajstić information content (AvgIpc) is 2.27. The molecule has 0 aliphatic heterocycles. The zero-order valence-electron chi connectivity index (χ0n) is 8.88. The van der Waals surface area contributed by atoms with Crippen molar-refractivity contribution in [2.45, 2.75) is 18.9 Å². The molecule has 1 aromatic rings. The highest BCUT2D eigenvalue weighted by atomic mass is 28.2. The van der Waals surface area contributed by atoms with Gasteiger partial charge in [-0.25, -0.2) is 8.78 Å². The SMILES string of the molecule is Fc1ccc(OCC2CC(O[Si])C2)c(F)c1F. The molecular weight excluding hydrogens is 249 g/mol. The van der Waals surface area contributed by atoms with Crippen molar-refractivity contribution in [2.24, 2.45) is 5.92 Å². The largest absolute Gasteiger partial charge is 0.490 e. The fraction of sp³-hybridized carbons (Fsp3) is 0.455. The van der Waals surface area contributed by atoms with Gasteiger partial charge in [-0.3, -0.25) is 0 Å². The fourth-order valence-electron chi connectivity index (χ4n) is 1.73. The normalized spacial score (nSPS) is 23.3. The molecule has 1 aromatic carbocycles. The van der Waals surface area contributed by atoms with E-state index >= 15 is 0 Å². The second kappa shape index (κ2) is 5.10. The summed E-state index contributed by atoms with van der Waals surface area (Å²) in [6.45, 7) is 0.272. The molecule has 0 atom stereocenters. The molecule has 1 fully saturated rings. The highest BCUT2D eigenvalue weighted by molar-refractivity contribution is 5.98. The third-order valence-electron chi connectivity index (χ3n) is 2.83. The molecular formula is C11H10F3O2Si. The molecule has 0 heterocycles. The highest BCUT2D eigenvalue weighted by Gasteiger charge is 2.29. The van der Waals surface area contributed by atoms with E-state index in [1.807, 2.05) is 0 Å². The first-order valence-electron chi connectivity index (χ1n) is 5.20. The Balaban J connectivity index is 1.90. The number of halogens is 3. The van der Waals surface area contributed by atoms with Crippen molar-refractivity contribution in [2.75, 3.05) is 6.61 Å². The minimum absolute atomic E-state index is 0.148. The summed E-state index contributed by atoms with van der Waals surface area (Å²) < 4.78 is 48.7. The van der Waals surface area contributed by atoms with Crippen LogP contribution in [0.25, 0.3) is 0 Å². The van der Waals surface area contributed by atoms with Crippen LogP contribution in [0.3, 0.4) is 0 Å². The number of rotatable bonds is 4. The molecule has 1 aliphatic carbocycles. The monoisotopic (exact) mass is 259 g/mol. The molecule has 0 N–H and O–H groups in total. The predicted molar refractivity (Wildman–Crippen MR) is 55.2 cm³/mol. The minimum Gasteiger partial charge on any atom is -0.490 e. The number of hydrogen-bond acceptors (Lipinski definition) is 2. The molecule has 0 aromatic heterocycles. The second-order valence-electron chi connectivity index (χ2n) is 4.06. The summed E-state index contributed by atoms with van der Waals surface area (Å²) in [5.74, 6) is -4.00. The van der Waals surface area contributed by atoms with E-state index in [9.17, 15) is 13.2 Å². The van der Waals surface area contributed by atoms with Gasteiger partial charge in [0, 0.05) is 6.10 Å². The van der Waals surface area contributed by atoms with Crippen molar-refractivity contribution in [3.05, 3.63) is 29.6 Å². The maximum atomic E-state index is 13.2. The Morgan fingerprint density at radius 1 is 1.18 bits per heavy atom. The van der Waals surface area contributed by atoms with Crippen LogP contribution in [0.15, 0.2) is 12.1 Å². The molecule has 0 saturated heterocycles. The van der Waals surface area contributed by atoms with Gasteiger partial charge in [-0.1, -0.05) is 0 Å². The Kier molecular flexibility index (Phi) is 3.73. The topological polar surface area (TPSA) is 18.5 Å². The summed E-state index contributed by atoms with van der Waals surface area (Å²) in [5, 5.41) is 0. The lowest BCUT2D eigenvalue weighted by atomic mass is 9.83. The second-order valence-corrected chi connectivity index (χ2v) is 4.30. The summed E-state index contributed by atoms with van der Waals surface area (Å²) in [6.07, 6.45) is 1.75. The van der Waals surface area contributed by atoms with Gasteiger partial charge in [0.2, 0.25) is 16.3 Å². The molecule has 2 rings (SSSR count). The van der Waals surface area contributed by atoms with Crippen LogP contribution in [-0.4, -0.2) is 23.2 Å². The molecule has 6 heteroatoms. The van der Waals surface area contributed by atoms with Gasteiger partial charge in [0.05, 0.1) is 6.61 Å². The Bertz CT molecular complexity index is 408. The van der Waals surface area contributed by atoms with Crippen LogP contribution in [0.5, 0.6) is 5.75 Å². The molecule has 0 spiro atoms. The van der Waals surface area contributed by atoms with Gasteiger partial charge in [-0.05, 0) is 30.9 Å². The van der Waals surface area contributed by atoms with Crippen molar-refractivity contribution in [3.8, 4) is 5.75 Å². The van der Waals surface area contributed by atoms with Crippen molar-refractivity contribution in [3.63, 3.8) is 0 Å². The van der Waals surface area contributed by atoms with Gasteiger partial charge >= 0.3 is 0 Å². The molecule has 0 amide bonds. The van der Waals surface area contributed by atoms with Crippen molar-refractivity contribution in [1.82, 2.24) is 0 Å². The molecule has 17 heavy (non-hydrogen) atoms. The molecule has 1 saturated carbocycles. The van der Waals surface area contributed by atoms with Crippen LogP contribution in [0.4, 0.5) is 13.2 Å². The Morgan fingerprint density at radius 2 is 1.88 bits per heavy atom. The molecule has 3 radical (unpaired) electrons. The van der Waals surface area contributed by atoms with Crippen LogP contribution < -0.4 is 4.74 Å². The lowest BCUT2D eigenvalue weighted by Gasteiger charge is -2.34. The molecule has 0 bridgehead atoms. The number of hydrogen-bond donors (Lipinski definition) is 0. The van der Waals surface area contributed by atoms with Crippen molar-refractivity contribution < 1.29 is 22.3 Å². The third-order valence-corrected chi connectivity index (χ3v) is 3.17. The van der Waals surface area contributed by atoms with Crippen LogP contribution in [-0.2, 0) is 4.43 Å². The first kappa shape index (κ1) is 12.4. The molecule has 0 unspecified atom stereocenters. The van der Waals surface area contributed by atoms with Gasteiger partial charge in [-0.2, -0.15) is 4.39 Å². The Morgan fingerprint density at radius 3 is 2.53 bits per heavy atom. The van der Waals surface area contributed by atoms with Crippen LogP contribution in [0.2, 0.25) is 0 Å². The predicted octanol–water partition coefficient (Wildman–Crippen LogP) is 2.36. The number of ether oxygens (including phenoxy) is 1. The smallest absolute Gasteiger partial charge is 0.246 e. The average molecular weight is 259 g/mol. The van der Waals surface area contributed by atoms with Crippen molar-refractivity contribution >= 4 is 10.5 Å². The van der Waals surface area contributed by atoms with Crippen LogP contribution in [0.1, 0.15) is 12.8 Å². The third kappa shape index (κ3) is 2.63. The minimum atomic E-state index is -1.50. The first-order valence-corrected chi connectivity index (χ1v) is 5.61. The molecule has 1 aliphatic rings. The van der Waals surface area contributed by atoms with Gasteiger partial charge in [0.1, 0.15) is 0 Å².